The van der Waals surface area contributed by atoms with Crippen molar-refractivity contribution in [3.8, 4) is 12.3 Å². The lowest BCUT2D eigenvalue weighted by Crippen LogP contribution is -2.45. The molecule has 1 aromatic carbocycles. The Morgan fingerprint density at radius 1 is 1.30 bits per heavy atom. The fourth-order valence-corrected chi connectivity index (χ4v) is 2.87. The van der Waals surface area contributed by atoms with Gasteiger partial charge in [-0.25, -0.2) is 0 Å². The Labute approximate surface area is 141 Å². The second kappa shape index (κ2) is 8.56. The van der Waals surface area contributed by atoms with E-state index in [1.807, 2.05) is 4.90 Å². The fourth-order valence-electron chi connectivity index (χ4n) is 2.65. The first-order valence-corrected chi connectivity index (χ1v) is 7.99. The maximum absolute atomic E-state index is 12.1. The van der Waals surface area contributed by atoms with Crippen molar-refractivity contribution in [3.05, 3.63) is 34.9 Å². The van der Waals surface area contributed by atoms with E-state index in [-0.39, 0.29) is 17.9 Å². The zero-order valence-electron chi connectivity index (χ0n) is 12.8. The third kappa shape index (κ3) is 4.72. The smallest absolute Gasteiger partial charge is 0.252 e. The van der Waals surface area contributed by atoms with Crippen LogP contribution in [0, 0.1) is 12.3 Å². The van der Waals surface area contributed by atoms with Crippen molar-refractivity contribution in [2.24, 2.45) is 0 Å². The topological polar surface area (TPSA) is 61.4 Å². The highest BCUT2D eigenvalue weighted by molar-refractivity contribution is 6.33. The summed E-state index contributed by atoms with van der Waals surface area (Å²) in [5.74, 6) is 2.29. The molecular formula is C17H20ClN3O2. The highest BCUT2D eigenvalue weighted by Gasteiger charge is 2.29. The lowest BCUT2D eigenvalue weighted by Gasteiger charge is -2.21. The van der Waals surface area contributed by atoms with Gasteiger partial charge >= 0.3 is 0 Å². The molecule has 1 atom stereocenters. The van der Waals surface area contributed by atoms with Gasteiger partial charge in [0, 0.05) is 13.1 Å². The van der Waals surface area contributed by atoms with E-state index in [4.69, 9.17) is 18.0 Å². The Morgan fingerprint density at radius 3 is 2.78 bits per heavy atom. The van der Waals surface area contributed by atoms with Gasteiger partial charge in [0.25, 0.3) is 5.91 Å². The van der Waals surface area contributed by atoms with Crippen molar-refractivity contribution in [1.82, 2.24) is 15.5 Å². The van der Waals surface area contributed by atoms with E-state index in [0.29, 0.717) is 30.2 Å². The molecule has 1 saturated heterocycles. The Balaban J connectivity index is 1.73. The summed E-state index contributed by atoms with van der Waals surface area (Å²) in [6.45, 7) is 2.06. The van der Waals surface area contributed by atoms with Crippen LogP contribution in [-0.2, 0) is 4.79 Å². The van der Waals surface area contributed by atoms with Crippen LogP contribution in [0.15, 0.2) is 24.3 Å². The molecule has 0 unspecified atom stereocenters. The van der Waals surface area contributed by atoms with E-state index < -0.39 is 0 Å². The average Bonchev–Trinajstić information content (AvgIpc) is 3.00. The molecular weight excluding hydrogens is 314 g/mol. The number of terminal acetylenes is 1. The van der Waals surface area contributed by atoms with Gasteiger partial charge in [-0.3, -0.25) is 14.5 Å². The van der Waals surface area contributed by atoms with E-state index in [1.165, 1.54) is 0 Å². The number of likely N-dealkylation sites (tertiary alicyclic amines) is 1. The largest absolute Gasteiger partial charge is 0.353 e. The van der Waals surface area contributed by atoms with E-state index in [9.17, 15) is 9.59 Å². The molecule has 6 heteroatoms. The predicted molar refractivity (Wildman–Crippen MR) is 90.2 cm³/mol. The third-order valence-electron chi connectivity index (χ3n) is 3.79. The van der Waals surface area contributed by atoms with Gasteiger partial charge in [-0.15, -0.1) is 6.42 Å². The van der Waals surface area contributed by atoms with Crippen molar-refractivity contribution in [3.63, 3.8) is 0 Å². The predicted octanol–water partition coefficient (Wildman–Crippen LogP) is 1.28. The number of halogens is 1. The first-order valence-electron chi connectivity index (χ1n) is 7.61. The highest BCUT2D eigenvalue weighted by Crippen LogP contribution is 2.16. The minimum atomic E-state index is -0.250. The Bertz CT molecular complexity index is 612. The molecule has 1 aliphatic rings. The lowest BCUT2D eigenvalue weighted by atomic mass is 10.2. The van der Waals surface area contributed by atoms with E-state index >= 15 is 0 Å². The standard InChI is InChI=1S/C17H20ClN3O2/c1-2-11-21-12-5-8-15(21)17(23)20-10-9-19-16(22)13-6-3-4-7-14(13)18/h1,3-4,6-7,15H,5,8-12H2,(H,19,22)(H,20,23)/t15-/m0/s1. The van der Waals surface area contributed by atoms with Crippen LogP contribution in [0.25, 0.3) is 0 Å². The van der Waals surface area contributed by atoms with Gasteiger partial charge in [-0.1, -0.05) is 29.7 Å². The molecule has 1 fully saturated rings. The molecule has 1 heterocycles. The molecule has 0 spiro atoms. The van der Waals surface area contributed by atoms with Gasteiger partial charge < -0.3 is 10.6 Å². The van der Waals surface area contributed by atoms with Crippen LogP contribution in [0.2, 0.25) is 5.02 Å². The molecule has 2 amide bonds. The third-order valence-corrected chi connectivity index (χ3v) is 4.12. The molecule has 1 aromatic rings. The van der Waals surface area contributed by atoms with Crippen LogP contribution in [0.4, 0.5) is 0 Å². The molecule has 1 aliphatic heterocycles. The first-order chi connectivity index (χ1) is 11.1. The summed E-state index contributed by atoms with van der Waals surface area (Å²) in [4.78, 5) is 26.1. The molecule has 2 rings (SSSR count). The molecule has 0 aromatic heterocycles. The van der Waals surface area contributed by atoms with Crippen LogP contribution < -0.4 is 10.6 Å². The number of carbonyl (C=O) groups excluding carboxylic acids is 2. The van der Waals surface area contributed by atoms with Crippen molar-refractivity contribution in [2.75, 3.05) is 26.2 Å². The number of amides is 2. The molecule has 0 aliphatic carbocycles. The molecule has 0 radical (unpaired) electrons. The molecule has 23 heavy (non-hydrogen) atoms. The maximum atomic E-state index is 12.1. The summed E-state index contributed by atoms with van der Waals surface area (Å²) < 4.78 is 0. The minimum Gasteiger partial charge on any atom is -0.353 e. The number of nitrogens with zero attached hydrogens (tertiary/aromatic N) is 1. The molecule has 5 nitrogen and oxygen atoms in total. The van der Waals surface area contributed by atoms with Gasteiger partial charge in [0.15, 0.2) is 0 Å². The lowest BCUT2D eigenvalue weighted by molar-refractivity contribution is -0.125. The van der Waals surface area contributed by atoms with Gasteiger partial charge in [0.1, 0.15) is 0 Å². The van der Waals surface area contributed by atoms with Crippen molar-refractivity contribution in [1.29, 1.82) is 0 Å². The number of rotatable bonds is 6. The summed E-state index contributed by atoms with van der Waals surface area (Å²) in [6, 6.07) is 6.68. The minimum absolute atomic E-state index is 0.0373. The van der Waals surface area contributed by atoms with Crippen LogP contribution in [0.3, 0.4) is 0 Å². The Hall–Kier alpha value is -2.03. The average molecular weight is 334 g/mol. The number of hydrogen-bond acceptors (Lipinski definition) is 3. The van der Waals surface area contributed by atoms with Crippen LogP contribution >= 0.6 is 11.6 Å². The number of carbonyl (C=O) groups is 2. The van der Waals surface area contributed by atoms with E-state index in [0.717, 1.165) is 19.4 Å². The van der Waals surface area contributed by atoms with E-state index in [1.54, 1.807) is 24.3 Å². The maximum Gasteiger partial charge on any atom is 0.252 e. The van der Waals surface area contributed by atoms with Crippen molar-refractivity contribution < 1.29 is 9.59 Å². The summed E-state index contributed by atoms with van der Waals surface area (Å²) in [5.41, 5.74) is 0.427. The van der Waals surface area contributed by atoms with Crippen LogP contribution in [-0.4, -0.2) is 48.9 Å². The fraction of sp³-hybridized carbons (Fsp3) is 0.412. The molecule has 122 valence electrons. The summed E-state index contributed by atoms with van der Waals surface area (Å²) >= 11 is 5.96. The second-order valence-electron chi connectivity index (χ2n) is 5.36. The zero-order chi connectivity index (χ0) is 16.7. The van der Waals surface area contributed by atoms with Crippen molar-refractivity contribution in [2.45, 2.75) is 18.9 Å². The quantitative estimate of drug-likeness (QED) is 0.609. The van der Waals surface area contributed by atoms with Gasteiger partial charge in [0.05, 0.1) is 23.2 Å². The van der Waals surface area contributed by atoms with Crippen LogP contribution in [0.5, 0.6) is 0 Å². The van der Waals surface area contributed by atoms with Gasteiger partial charge in [-0.05, 0) is 31.5 Å². The molecule has 0 bridgehead atoms. The van der Waals surface area contributed by atoms with Crippen LogP contribution in [0.1, 0.15) is 23.2 Å². The van der Waals surface area contributed by atoms with E-state index in [2.05, 4.69) is 16.6 Å². The highest BCUT2D eigenvalue weighted by atomic mass is 35.5. The number of hydrogen-bond donors (Lipinski definition) is 2. The Morgan fingerprint density at radius 2 is 2.04 bits per heavy atom. The van der Waals surface area contributed by atoms with Crippen molar-refractivity contribution >= 4 is 23.4 Å². The SMILES string of the molecule is C#CCN1CCC[C@H]1C(=O)NCCNC(=O)c1ccccc1Cl. The van der Waals surface area contributed by atoms with Gasteiger partial charge in [-0.2, -0.15) is 0 Å². The van der Waals surface area contributed by atoms with Gasteiger partial charge in [0.2, 0.25) is 5.91 Å². The second-order valence-corrected chi connectivity index (χ2v) is 5.77. The normalized spacial score (nSPS) is 17.5. The molecule has 2 N–H and O–H groups in total. The summed E-state index contributed by atoms with van der Waals surface area (Å²) in [7, 11) is 0. The summed E-state index contributed by atoms with van der Waals surface area (Å²) in [6.07, 6.45) is 7.11. The monoisotopic (exact) mass is 333 g/mol. The zero-order valence-corrected chi connectivity index (χ0v) is 13.6. The number of nitrogens with one attached hydrogen (secondary N) is 2. The summed E-state index contributed by atoms with van der Waals surface area (Å²) in [5, 5.41) is 5.98. The number of benzene rings is 1. The Kier molecular flexibility index (Phi) is 6.45. The molecule has 0 saturated carbocycles. The first kappa shape index (κ1) is 17.3.